The van der Waals surface area contributed by atoms with Crippen molar-refractivity contribution in [3.8, 4) is 22.3 Å². The Labute approximate surface area is 309 Å². The van der Waals surface area contributed by atoms with Crippen molar-refractivity contribution in [3.05, 3.63) is 138 Å². The monoisotopic (exact) mass is 734 g/mol. The van der Waals surface area contributed by atoms with Gasteiger partial charge in [0, 0.05) is 52.9 Å². The summed E-state index contributed by atoms with van der Waals surface area (Å²) in [5.41, 5.74) is 12.6. The summed E-state index contributed by atoms with van der Waals surface area (Å²) in [6.07, 6.45) is 1.93. The van der Waals surface area contributed by atoms with Crippen molar-refractivity contribution in [3.63, 3.8) is 0 Å². The number of hydrogen-bond acceptors (Lipinski definition) is 4. The van der Waals surface area contributed by atoms with Gasteiger partial charge in [-0.25, -0.2) is 4.99 Å². The number of rotatable bonds is 6. The molecule has 0 fully saturated rings. The van der Waals surface area contributed by atoms with Gasteiger partial charge in [-0.1, -0.05) is 116 Å². The zero-order valence-electron chi connectivity index (χ0n) is 28.1. The van der Waals surface area contributed by atoms with Crippen LogP contribution in [0.1, 0.15) is 49.9 Å². The predicted molar refractivity (Wildman–Crippen MR) is 193 cm³/mol. The van der Waals surface area contributed by atoms with Gasteiger partial charge < -0.3 is 10.3 Å². The van der Waals surface area contributed by atoms with E-state index in [1.807, 2.05) is 20.4 Å². The van der Waals surface area contributed by atoms with Crippen LogP contribution in [0.25, 0.3) is 22.3 Å². The van der Waals surface area contributed by atoms with Gasteiger partial charge in [-0.15, -0.1) is 6.54 Å². The molecule has 0 saturated carbocycles. The van der Waals surface area contributed by atoms with Crippen molar-refractivity contribution in [2.24, 2.45) is 26.8 Å². The molecule has 4 nitrogen and oxygen atoms in total. The fourth-order valence-corrected chi connectivity index (χ4v) is 6.19. The molecule has 2 aliphatic heterocycles. The van der Waals surface area contributed by atoms with Gasteiger partial charge in [0.15, 0.2) is 0 Å². The van der Waals surface area contributed by atoms with E-state index in [2.05, 4.69) is 152 Å². The fraction of sp³-hybridized carbons (Fsp3) is 0.268. The van der Waals surface area contributed by atoms with Crippen molar-refractivity contribution in [2.75, 3.05) is 0 Å². The van der Waals surface area contributed by atoms with E-state index in [9.17, 15) is 0 Å². The van der Waals surface area contributed by atoms with Gasteiger partial charge in [-0.05, 0) is 104 Å². The van der Waals surface area contributed by atoms with Gasteiger partial charge >= 0.3 is 0 Å². The van der Waals surface area contributed by atoms with Gasteiger partial charge in [-0.3, -0.25) is 4.99 Å². The van der Waals surface area contributed by atoms with Gasteiger partial charge in [0.1, 0.15) is 5.84 Å². The third-order valence-corrected chi connectivity index (χ3v) is 8.82. The third kappa shape index (κ3) is 9.14. The summed E-state index contributed by atoms with van der Waals surface area (Å²) in [5, 5.41) is 3.22. The molecule has 6 rings (SSSR count). The Hall–Kier alpha value is -3.34. The first-order valence-electron chi connectivity index (χ1n) is 15.9. The van der Waals surface area contributed by atoms with E-state index in [4.69, 9.17) is 0 Å². The summed E-state index contributed by atoms with van der Waals surface area (Å²) in [5.74, 6) is 2.48. The summed E-state index contributed by atoms with van der Waals surface area (Å²) >= 11 is 0. The number of amidine groups is 2. The number of benzene rings is 4. The van der Waals surface area contributed by atoms with Crippen LogP contribution in [0.2, 0.25) is 0 Å². The van der Waals surface area contributed by atoms with Crippen LogP contribution < -0.4 is 5.32 Å². The molecule has 0 aromatic heterocycles. The second-order valence-electron chi connectivity index (χ2n) is 12.3. The molecule has 2 aliphatic rings. The minimum atomic E-state index is 0. The molecule has 3 unspecified atom stereocenters. The molecule has 2 heterocycles. The van der Waals surface area contributed by atoms with Crippen molar-refractivity contribution in [2.45, 2.75) is 60.4 Å². The topological polar surface area (TPSA) is 49.1 Å². The predicted octanol–water partition coefficient (Wildman–Crippen LogP) is 9.62. The van der Waals surface area contributed by atoms with E-state index in [1.54, 1.807) is 0 Å². The first-order valence-corrected chi connectivity index (χ1v) is 15.9. The van der Waals surface area contributed by atoms with Crippen LogP contribution in [0.15, 0.2) is 124 Å². The van der Waals surface area contributed by atoms with Gasteiger partial charge in [0.25, 0.3) is 0 Å². The second-order valence-corrected chi connectivity index (χ2v) is 12.3. The minimum Gasteiger partial charge on any atom is -0.435 e. The van der Waals surface area contributed by atoms with Crippen LogP contribution >= 0.6 is 0 Å². The maximum atomic E-state index is 4.62. The third-order valence-electron chi connectivity index (χ3n) is 8.82. The van der Waals surface area contributed by atoms with Crippen LogP contribution in [-0.4, -0.2) is 23.4 Å². The molecule has 0 amide bonds. The SMILES string of the molecule is C=C1NC(C)=N[CH-]C1Cc1ccc(-c2ccccc2C)cc1.CC1=NC(C)C(Cc2ccc(-c3ccccc3C)cc2)C(C)=N1.[Pr]. The molecule has 5 heteroatoms. The molecular weight excluding hydrogens is 689 g/mol. The van der Waals surface area contributed by atoms with Crippen molar-refractivity contribution >= 4 is 17.4 Å². The van der Waals surface area contributed by atoms with E-state index in [-0.39, 0.29) is 47.2 Å². The van der Waals surface area contributed by atoms with Gasteiger partial charge in [0.05, 0.1) is 6.04 Å². The van der Waals surface area contributed by atoms with Crippen LogP contribution in [0.3, 0.4) is 0 Å². The molecule has 0 saturated heterocycles. The van der Waals surface area contributed by atoms with Crippen LogP contribution in [0.4, 0.5) is 0 Å². The molecule has 1 N–H and O–H groups in total. The first kappa shape index (κ1) is 35.5. The molecule has 46 heavy (non-hydrogen) atoms. The zero-order chi connectivity index (χ0) is 31.9. The van der Waals surface area contributed by atoms with E-state index in [0.717, 1.165) is 30.2 Å². The molecule has 4 aromatic rings. The van der Waals surface area contributed by atoms with E-state index in [1.165, 1.54) is 50.2 Å². The maximum absolute atomic E-state index is 4.62. The number of aryl methyl sites for hydroxylation is 2. The summed E-state index contributed by atoms with van der Waals surface area (Å²) in [4.78, 5) is 13.5. The van der Waals surface area contributed by atoms with Crippen LogP contribution in [0.5, 0.6) is 0 Å². The number of aliphatic imine (C=N–C) groups is 3. The molecule has 0 spiro atoms. The smallest absolute Gasteiger partial charge is 0.120 e. The van der Waals surface area contributed by atoms with E-state index in [0.29, 0.717) is 12.0 Å². The Morgan fingerprint density at radius 3 is 1.67 bits per heavy atom. The Balaban J connectivity index is 0.000000205. The minimum absolute atomic E-state index is 0. The summed E-state index contributed by atoms with van der Waals surface area (Å²) < 4.78 is 0. The Morgan fingerprint density at radius 1 is 0.696 bits per heavy atom. The molecule has 233 valence electrons. The molecule has 0 aliphatic carbocycles. The summed E-state index contributed by atoms with van der Waals surface area (Å²) in [6, 6.07) is 35.1. The number of nitrogens with one attached hydrogen (secondary N) is 1. The zero-order valence-corrected chi connectivity index (χ0v) is 31.8. The Morgan fingerprint density at radius 2 is 1.20 bits per heavy atom. The maximum Gasteiger partial charge on any atom is 0.120 e. The molecule has 0 bridgehead atoms. The van der Waals surface area contributed by atoms with Crippen molar-refractivity contribution < 1.29 is 41.3 Å². The molecule has 1 radical (unpaired) electrons. The molecule has 3 atom stereocenters. The van der Waals surface area contributed by atoms with Crippen molar-refractivity contribution in [1.29, 1.82) is 0 Å². The average Bonchev–Trinajstić information content (AvgIpc) is 3.02. The summed E-state index contributed by atoms with van der Waals surface area (Å²) in [6.45, 7) is 18.6. The Bertz CT molecular complexity index is 1730. The Kier molecular flexibility index (Phi) is 12.7. The second kappa shape index (κ2) is 16.5. The van der Waals surface area contributed by atoms with Gasteiger partial charge in [-0.2, -0.15) is 0 Å². The van der Waals surface area contributed by atoms with E-state index < -0.39 is 0 Å². The van der Waals surface area contributed by atoms with Crippen LogP contribution in [-0.2, 0) is 12.8 Å². The normalized spacial score (nSPS) is 18.8. The average molecular weight is 735 g/mol. The number of hydrogen-bond donors (Lipinski definition) is 1. The fourth-order valence-electron chi connectivity index (χ4n) is 6.19. The quantitative estimate of drug-likeness (QED) is 0.197. The van der Waals surface area contributed by atoms with Crippen LogP contribution in [0, 0.1) is 73.5 Å². The summed E-state index contributed by atoms with van der Waals surface area (Å²) in [7, 11) is 0. The standard InChI is InChI=1S/C21H24N2.C20H21N2.Pr/c1-14-7-5-6-8-20(14)19-11-9-18(10-12-19)13-21-15(2)22-17(4)23-16(21)3;1-14-6-4-5-7-20(14)18-10-8-17(9-11-18)12-19-13-21-16(3)22-15(19)2;/h5-12,15,21H,13H2,1-4H3;4-11,13,19H,2,12H2,1,3H3,(H,21,22);/q;-1;. The molecular formula is C41H45N4Pr-. The van der Waals surface area contributed by atoms with E-state index >= 15 is 0 Å². The first-order chi connectivity index (χ1) is 21.7. The number of nitrogens with zero attached hydrogens (tertiary/aromatic N) is 3. The van der Waals surface area contributed by atoms with Gasteiger partial charge in [0.2, 0.25) is 0 Å². The van der Waals surface area contributed by atoms with Crippen molar-refractivity contribution in [1.82, 2.24) is 5.32 Å². The largest absolute Gasteiger partial charge is 0.435 e. The molecule has 4 aromatic carbocycles.